The highest BCUT2D eigenvalue weighted by Crippen LogP contribution is 2.22. The molecule has 1 N–H and O–H groups in total. The summed E-state index contributed by atoms with van der Waals surface area (Å²) in [6.07, 6.45) is 4.08. The molecule has 6 heteroatoms. The maximum absolute atomic E-state index is 12.8. The number of rotatable bonds is 4. The van der Waals surface area contributed by atoms with Crippen molar-refractivity contribution in [3.05, 3.63) is 48.0 Å². The van der Waals surface area contributed by atoms with Crippen molar-refractivity contribution in [2.24, 2.45) is 7.05 Å². The Morgan fingerprint density at radius 3 is 2.83 bits per heavy atom. The predicted octanol–water partition coefficient (Wildman–Crippen LogP) is 1.14. The fraction of sp³-hybridized carbons (Fsp3) is 0.412. The molecule has 1 aromatic heterocycles. The molecule has 23 heavy (non-hydrogen) atoms. The van der Waals surface area contributed by atoms with Crippen molar-refractivity contribution < 1.29 is 9.53 Å². The first-order valence-electron chi connectivity index (χ1n) is 7.79. The van der Waals surface area contributed by atoms with Gasteiger partial charge in [0.15, 0.2) is 0 Å². The molecule has 0 spiro atoms. The minimum absolute atomic E-state index is 0.0190. The number of carbonyl (C=O) groups is 1. The van der Waals surface area contributed by atoms with Gasteiger partial charge in [0, 0.05) is 39.1 Å². The summed E-state index contributed by atoms with van der Waals surface area (Å²) in [6, 6.07) is 7.63. The lowest BCUT2D eigenvalue weighted by molar-refractivity contribution is -0.134. The minimum atomic E-state index is -0.0190. The summed E-state index contributed by atoms with van der Waals surface area (Å²) in [4.78, 5) is 19.1. The molecular weight excluding hydrogens is 292 g/mol. The Kier molecular flexibility index (Phi) is 4.62. The van der Waals surface area contributed by atoms with Crippen LogP contribution >= 0.6 is 0 Å². The molecule has 1 amide bonds. The van der Waals surface area contributed by atoms with Gasteiger partial charge in [-0.05, 0) is 17.7 Å². The van der Waals surface area contributed by atoms with Crippen LogP contribution in [0, 0.1) is 0 Å². The maximum atomic E-state index is 12.8. The third-order valence-corrected chi connectivity index (χ3v) is 4.23. The molecule has 122 valence electrons. The average Bonchev–Trinajstić information content (AvgIpc) is 3.01. The standard InChI is InChI=1S/C17H22N4O2/c1-20-9-8-19-17(20)15-12-18-7-10-21(15)16(22)11-13-3-5-14(23-2)6-4-13/h3-6,8-9,15,18H,7,10-12H2,1-2H3. The van der Waals surface area contributed by atoms with E-state index in [1.54, 1.807) is 13.3 Å². The molecule has 6 nitrogen and oxygen atoms in total. The van der Waals surface area contributed by atoms with Gasteiger partial charge in [-0.3, -0.25) is 4.79 Å². The highest BCUT2D eigenvalue weighted by molar-refractivity contribution is 5.79. The van der Waals surface area contributed by atoms with Gasteiger partial charge in [0.25, 0.3) is 0 Å². The van der Waals surface area contributed by atoms with Crippen LogP contribution in [-0.2, 0) is 18.3 Å². The Morgan fingerprint density at radius 1 is 1.39 bits per heavy atom. The Hall–Kier alpha value is -2.34. The topological polar surface area (TPSA) is 59.4 Å². The lowest BCUT2D eigenvalue weighted by Crippen LogP contribution is -2.49. The molecule has 0 aliphatic carbocycles. The van der Waals surface area contributed by atoms with Crippen LogP contribution in [0.4, 0.5) is 0 Å². The normalized spacial score (nSPS) is 18.0. The molecule has 1 unspecified atom stereocenters. The molecule has 1 atom stereocenters. The van der Waals surface area contributed by atoms with Gasteiger partial charge in [-0.25, -0.2) is 4.98 Å². The summed E-state index contributed by atoms with van der Waals surface area (Å²) in [5, 5.41) is 3.35. The van der Waals surface area contributed by atoms with Crippen LogP contribution in [0.5, 0.6) is 5.75 Å². The third kappa shape index (κ3) is 3.37. The Balaban J connectivity index is 1.74. The first kappa shape index (κ1) is 15.6. The van der Waals surface area contributed by atoms with Gasteiger partial charge in [-0.15, -0.1) is 0 Å². The largest absolute Gasteiger partial charge is 0.497 e. The van der Waals surface area contributed by atoms with Crippen LogP contribution in [0.2, 0.25) is 0 Å². The van der Waals surface area contributed by atoms with Gasteiger partial charge in [-0.2, -0.15) is 0 Å². The quantitative estimate of drug-likeness (QED) is 0.919. The van der Waals surface area contributed by atoms with Crippen LogP contribution in [0.25, 0.3) is 0 Å². The van der Waals surface area contributed by atoms with Crippen molar-refractivity contribution in [2.45, 2.75) is 12.5 Å². The first-order valence-corrected chi connectivity index (χ1v) is 7.79. The highest BCUT2D eigenvalue weighted by atomic mass is 16.5. The summed E-state index contributed by atoms with van der Waals surface area (Å²) in [6.45, 7) is 2.25. The van der Waals surface area contributed by atoms with E-state index >= 15 is 0 Å². The second-order valence-corrected chi connectivity index (χ2v) is 5.73. The smallest absolute Gasteiger partial charge is 0.227 e. The van der Waals surface area contributed by atoms with Crippen molar-refractivity contribution in [1.29, 1.82) is 0 Å². The fourth-order valence-electron chi connectivity index (χ4n) is 2.95. The molecule has 1 aromatic carbocycles. The highest BCUT2D eigenvalue weighted by Gasteiger charge is 2.30. The monoisotopic (exact) mass is 314 g/mol. The zero-order valence-electron chi connectivity index (χ0n) is 13.5. The molecule has 0 saturated carbocycles. The van der Waals surface area contributed by atoms with Crippen LogP contribution < -0.4 is 10.1 Å². The molecule has 1 aliphatic heterocycles. The fourth-order valence-corrected chi connectivity index (χ4v) is 2.95. The third-order valence-electron chi connectivity index (χ3n) is 4.23. The molecular formula is C17H22N4O2. The average molecular weight is 314 g/mol. The van der Waals surface area contributed by atoms with Gasteiger partial charge in [0.2, 0.25) is 5.91 Å². The van der Waals surface area contributed by atoms with Gasteiger partial charge >= 0.3 is 0 Å². The lowest BCUT2D eigenvalue weighted by Gasteiger charge is -2.35. The van der Waals surface area contributed by atoms with Gasteiger partial charge in [0.05, 0.1) is 13.5 Å². The first-order chi connectivity index (χ1) is 11.2. The number of hydrogen-bond donors (Lipinski definition) is 1. The SMILES string of the molecule is COc1ccc(CC(=O)N2CCNCC2c2nccn2C)cc1. The zero-order chi connectivity index (χ0) is 16.2. The van der Waals surface area contributed by atoms with Crippen LogP contribution in [-0.4, -0.2) is 47.1 Å². The number of nitrogens with zero attached hydrogens (tertiary/aromatic N) is 3. The van der Waals surface area contributed by atoms with Crippen molar-refractivity contribution in [1.82, 2.24) is 19.8 Å². The second kappa shape index (κ2) is 6.83. The van der Waals surface area contributed by atoms with Gasteiger partial charge in [0.1, 0.15) is 17.6 Å². The number of methoxy groups -OCH3 is 1. The van der Waals surface area contributed by atoms with E-state index in [0.29, 0.717) is 13.0 Å². The number of nitrogens with one attached hydrogen (secondary N) is 1. The van der Waals surface area contributed by atoms with Crippen molar-refractivity contribution in [3.63, 3.8) is 0 Å². The summed E-state index contributed by atoms with van der Waals surface area (Å²) in [7, 11) is 3.60. The molecule has 3 rings (SSSR count). The van der Waals surface area contributed by atoms with E-state index in [2.05, 4.69) is 10.3 Å². The van der Waals surface area contributed by atoms with Gasteiger partial charge < -0.3 is 19.5 Å². The molecule has 2 aromatic rings. The Labute approximate surface area is 136 Å². The predicted molar refractivity (Wildman–Crippen MR) is 87.2 cm³/mol. The van der Waals surface area contributed by atoms with E-state index in [1.165, 1.54) is 0 Å². The summed E-state index contributed by atoms with van der Waals surface area (Å²) >= 11 is 0. The second-order valence-electron chi connectivity index (χ2n) is 5.73. The van der Waals surface area contributed by atoms with E-state index in [9.17, 15) is 4.79 Å². The van der Waals surface area contributed by atoms with Gasteiger partial charge in [-0.1, -0.05) is 12.1 Å². The number of carbonyl (C=O) groups excluding carboxylic acids is 1. The number of ether oxygens (including phenoxy) is 1. The van der Waals surface area contributed by atoms with E-state index in [4.69, 9.17) is 4.74 Å². The number of aryl methyl sites for hydroxylation is 1. The number of amides is 1. The van der Waals surface area contributed by atoms with Crippen molar-refractivity contribution in [3.8, 4) is 5.75 Å². The number of aromatic nitrogens is 2. The van der Waals surface area contributed by atoms with Crippen molar-refractivity contribution >= 4 is 5.91 Å². The Bertz CT molecular complexity index is 665. The zero-order valence-corrected chi connectivity index (χ0v) is 13.5. The molecule has 0 bridgehead atoms. The van der Waals surface area contributed by atoms with E-state index < -0.39 is 0 Å². The van der Waals surface area contributed by atoms with Crippen LogP contribution in [0.3, 0.4) is 0 Å². The van der Waals surface area contributed by atoms with Crippen molar-refractivity contribution in [2.75, 3.05) is 26.7 Å². The van der Waals surface area contributed by atoms with Crippen LogP contribution in [0.1, 0.15) is 17.4 Å². The molecule has 1 aliphatic rings. The van der Waals surface area contributed by atoms with E-state index in [-0.39, 0.29) is 11.9 Å². The Morgan fingerprint density at radius 2 is 2.17 bits per heavy atom. The number of benzene rings is 1. The van der Waals surface area contributed by atoms with E-state index in [0.717, 1.165) is 30.2 Å². The number of hydrogen-bond acceptors (Lipinski definition) is 4. The van der Waals surface area contributed by atoms with E-state index in [1.807, 2.05) is 47.0 Å². The number of piperazine rings is 1. The lowest BCUT2D eigenvalue weighted by atomic mass is 10.1. The maximum Gasteiger partial charge on any atom is 0.227 e. The molecule has 2 heterocycles. The molecule has 1 fully saturated rings. The summed E-state index contributed by atoms with van der Waals surface area (Å²) in [5.41, 5.74) is 0.993. The summed E-state index contributed by atoms with van der Waals surface area (Å²) in [5.74, 6) is 1.85. The molecule has 0 radical (unpaired) electrons. The molecule has 1 saturated heterocycles. The van der Waals surface area contributed by atoms with Crippen LogP contribution in [0.15, 0.2) is 36.7 Å². The number of imidazole rings is 1. The minimum Gasteiger partial charge on any atom is -0.497 e. The summed E-state index contributed by atoms with van der Waals surface area (Å²) < 4.78 is 7.13.